The van der Waals surface area contributed by atoms with Gasteiger partial charge in [0.25, 0.3) is 0 Å². The van der Waals surface area contributed by atoms with Gasteiger partial charge in [-0.2, -0.15) is 0 Å². The Bertz CT molecular complexity index is 416. The molecule has 23 heavy (non-hydrogen) atoms. The van der Waals surface area contributed by atoms with Crippen molar-refractivity contribution in [3.8, 4) is 0 Å². The van der Waals surface area contributed by atoms with Crippen molar-refractivity contribution < 1.29 is 14.3 Å². The zero-order chi connectivity index (χ0) is 17.8. The van der Waals surface area contributed by atoms with Crippen LogP contribution in [0.3, 0.4) is 0 Å². The Morgan fingerprint density at radius 1 is 1.17 bits per heavy atom. The normalized spacial score (nSPS) is 23.3. The Kier molecular flexibility index (Phi) is 6.86. The Balaban J connectivity index is 2.92. The minimum atomic E-state index is -0.549. The lowest BCUT2D eigenvalue weighted by atomic mass is 9.88. The van der Waals surface area contributed by atoms with Gasteiger partial charge in [-0.05, 0) is 54.4 Å². The van der Waals surface area contributed by atoms with Crippen molar-refractivity contribution in [3.05, 3.63) is 0 Å². The van der Waals surface area contributed by atoms with Crippen molar-refractivity contribution in [2.24, 2.45) is 5.73 Å². The summed E-state index contributed by atoms with van der Waals surface area (Å²) in [5.74, 6) is -0.171. The van der Waals surface area contributed by atoms with E-state index in [4.69, 9.17) is 10.5 Å². The lowest BCUT2D eigenvalue weighted by Gasteiger charge is -2.42. The van der Waals surface area contributed by atoms with E-state index in [1.165, 1.54) is 0 Å². The summed E-state index contributed by atoms with van der Waals surface area (Å²) in [6.45, 7) is 11.2. The second kappa shape index (κ2) is 7.99. The first kappa shape index (κ1) is 19.7. The molecule has 1 aliphatic rings. The quantitative estimate of drug-likeness (QED) is 0.830. The van der Waals surface area contributed by atoms with Gasteiger partial charge in [0.15, 0.2) is 0 Å². The van der Waals surface area contributed by atoms with Gasteiger partial charge in [-0.25, -0.2) is 4.79 Å². The van der Waals surface area contributed by atoms with Gasteiger partial charge in [-0.1, -0.05) is 12.8 Å². The Morgan fingerprint density at radius 3 is 2.22 bits per heavy atom. The number of hydrogen-bond donors (Lipinski definition) is 2. The molecular weight excluding hydrogens is 294 g/mol. The molecule has 6 heteroatoms. The van der Waals surface area contributed by atoms with Gasteiger partial charge < -0.3 is 20.7 Å². The van der Waals surface area contributed by atoms with Crippen LogP contribution in [0.15, 0.2) is 0 Å². The molecule has 0 unspecified atom stereocenters. The molecule has 0 aromatic rings. The smallest absolute Gasteiger partial charge is 0.410 e. The number of ether oxygens (including phenoxy) is 1. The van der Waals surface area contributed by atoms with Crippen molar-refractivity contribution in [2.75, 3.05) is 0 Å². The molecule has 0 bridgehead atoms. The van der Waals surface area contributed by atoms with E-state index >= 15 is 0 Å². The molecule has 0 radical (unpaired) electrons. The molecule has 2 amide bonds. The minimum Gasteiger partial charge on any atom is -0.444 e. The number of carbonyl (C=O) groups is 2. The number of hydrogen-bond acceptors (Lipinski definition) is 4. The SMILES string of the molecule is CC(C)N(C(=O)OC(C)(C)C)[C@H]1CCCC[C@H]1NC(=O)[C@H](C)N. The van der Waals surface area contributed by atoms with E-state index in [9.17, 15) is 9.59 Å². The van der Waals surface area contributed by atoms with E-state index in [-0.39, 0.29) is 30.1 Å². The summed E-state index contributed by atoms with van der Waals surface area (Å²) in [5, 5.41) is 3.01. The first-order chi connectivity index (χ1) is 10.5. The molecule has 6 nitrogen and oxygen atoms in total. The van der Waals surface area contributed by atoms with E-state index in [0.717, 1.165) is 25.7 Å². The molecule has 134 valence electrons. The van der Waals surface area contributed by atoms with E-state index < -0.39 is 11.6 Å². The number of amides is 2. The molecule has 1 saturated carbocycles. The number of rotatable bonds is 4. The average Bonchev–Trinajstić information content (AvgIpc) is 2.38. The van der Waals surface area contributed by atoms with Crippen molar-refractivity contribution in [3.63, 3.8) is 0 Å². The minimum absolute atomic E-state index is 0.00246. The Labute approximate surface area is 140 Å². The summed E-state index contributed by atoms with van der Waals surface area (Å²) in [5.41, 5.74) is 5.12. The summed E-state index contributed by atoms with van der Waals surface area (Å²) >= 11 is 0. The van der Waals surface area contributed by atoms with Crippen LogP contribution >= 0.6 is 0 Å². The van der Waals surface area contributed by atoms with Crippen LogP contribution in [0.5, 0.6) is 0 Å². The molecule has 3 atom stereocenters. The molecule has 1 fully saturated rings. The van der Waals surface area contributed by atoms with E-state index in [1.807, 2.05) is 34.6 Å². The van der Waals surface area contributed by atoms with Gasteiger partial charge in [0.2, 0.25) is 5.91 Å². The topological polar surface area (TPSA) is 84.7 Å². The molecule has 0 aliphatic heterocycles. The second-order valence-corrected chi connectivity index (χ2v) is 7.74. The van der Waals surface area contributed by atoms with Crippen molar-refractivity contribution in [1.29, 1.82) is 0 Å². The molecule has 0 heterocycles. The van der Waals surface area contributed by atoms with Crippen molar-refractivity contribution in [2.45, 2.75) is 97.0 Å². The number of nitrogens with one attached hydrogen (secondary N) is 1. The fraction of sp³-hybridized carbons (Fsp3) is 0.882. The summed E-state index contributed by atoms with van der Waals surface area (Å²) in [6, 6.07) is -0.673. The maximum Gasteiger partial charge on any atom is 0.410 e. The number of nitrogens with two attached hydrogens (primary N) is 1. The Hall–Kier alpha value is -1.30. The van der Waals surface area contributed by atoms with Gasteiger partial charge in [0.05, 0.1) is 12.1 Å². The van der Waals surface area contributed by atoms with Crippen molar-refractivity contribution >= 4 is 12.0 Å². The average molecular weight is 327 g/mol. The highest BCUT2D eigenvalue weighted by atomic mass is 16.6. The maximum atomic E-state index is 12.6. The van der Waals surface area contributed by atoms with Gasteiger partial charge in [-0.15, -0.1) is 0 Å². The summed E-state index contributed by atoms with van der Waals surface area (Å²) in [7, 11) is 0. The lowest BCUT2D eigenvalue weighted by molar-refractivity contribution is -0.123. The molecule has 0 aromatic heterocycles. The zero-order valence-corrected chi connectivity index (χ0v) is 15.4. The fourth-order valence-corrected chi connectivity index (χ4v) is 2.97. The number of nitrogens with zero attached hydrogens (tertiary/aromatic N) is 1. The molecule has 1 rings (SSSR count). The highest BCUT2D eigenvalue weighted by molar-refractivity contribution is 5.81. The van der Waals surface area contributed by atoms with Crippen molar-refractivity contribution in [1.82, 2.24) is 10.2 Å². The predicted octanol–water partition coefficient (Wildman–Crippen LogP) is 2.41. The zero-order valence-electron chi connectivity index (χ0n) is 15.4. The van der Waals surface area contributed by atoms with Crippen LogP contribution in [-0.2, 0) is 9.53 Å². The third kappa shape index (κ3) is 6.01. The highest BCUT2D eigenvalue weighted by Crippen LogP contribution is 2.26. The molecule has 1 aliphatic carbocycles. The molecule has 0 spiro atoms. The maximum absolute atomic E-state index is 12.6. The van der Waals surface area contributed by atoms with Crippen LogP contribution < -0.4 is 11.1 Å². The fourth-order valence-electron chi connectivity index (χ4n) is 2.97. The second-order valence-electron chi connectivity index (χ2n) is 7.74. The van der Waals surface area contributed by atoms with Gasteiger partial charge in [-0.3, -0.25) is 4.79 Å². The van der Waals surface area contributed by atoms with Crippen LogP contribution in [-0.4, -0.2) is 46.7 Å². The first-order valence-electron chi connectivity index (χ1n) is 8.60. The first-order valence-corrected chi connectivity index (χ1v) is 8.60. The third-order valence-corrected chi connectivity index (χ3v) is 3.99. The van der Waals surface area contributed by atoms with E-state index in [0.29, 0.717) is 0 Å². The Morgan fingerprint density at radius 2 is 1.74 bits per heavy atom. The van der Waals surface area contributed by atoms with E-state index in [2.05, 4.69) is 5.32 Å². The monoisotopic (exact) mass is 327 g/mol. The summed E-state index contributed by atoms with van der Waals surface area (Å²) in [4.78, 5) is 26.4. The third-order valence-electron chi connectivity index (χ3n) is 3.99. The summed E-state index contributed by atoms with van der Waals surface area (Å²) in [6.07, 6.45) is 3.48. The highest BCUT2D eigenvalue weighted by Gasteiger charge is 2.37. The molecule has 0 saturated heterocycles. The van der Waals surface area contributed by atoms with Gasteiger partial charge in [0.1, 0.15) is 5.60 Å². The van der Waals surface area contributed by atoms with E-state index in [1.54, 1.807) is 11.8 Å². The van der Waals surface area contributed by atoms with Gasteiger partial charge >= 0.3 is 6.09 Å². The van der Waals surface area contributed by atoms with Crippen LogP contribution in [0, 0.1) is 0 Å². The van der Waals surface area contributed by atoms with Crippen LogP contribution in [0.1, 0.15) is 67.2 Å². The van der Waals surface area contributed by atoms with Gasteiger partial charge in [0, 0.05) is 12.1 Å². The van der Waals surface area contributed by atoms with Crippen LogP contribution in [0.4, 0.5) is 4.79 Å². The number of carbonyl (C=O) groups excluding carboxylic acids is 2. The van der Waals surface area contributed by atoms with Crippen LogP contribution in [0.25, 0.3) is 0 Å². The molecule has 3 N–H and O–H groups in total. The standard InChI is InChI=1S/C17H33N3O3/c1-11(2)20(16(22)23-17(4,5)6)14-10-8-7-9-13(14)19-15(21)12(3)18/h11-14H,7-10,18H2,1-6H3,(H,19,21)/t12-,13+,14-/m0/s1. The lowest BCUT2D eigenvalue weighted by Crippen LogP contribution is -2.59. The molecular formula is C17H33N3O3. The largest absolute Gasteiger partial charge is 0.444 e. The molecule has 0 aromatic carbocycles. The predicted molar refractivity (Wildman–Crippen MR) is 91.0 cm³/mol. The summed E-state index contributed by atoms with van der Waals surface area (Å²) < 4.78 is 5.56. The van der Waals surface area contributed by atoms with Crippen LogP contribution in [0.2, 0.25) is 0 Å².